The van der Waals surface area contributed by atoms with Crippen LogP contribution in [0, 0.1) is 0 Å². The molecule has 0 atom stereocenters. The highest BCUT2D eigenvalue weighted by Crippen LogP contribution is 2.24. The minimum atomic E-state index is -0.106. The van der Waals surface area contributed by atoms with Crippen molar-refractivity contribution in [1.82, 2.24) is 19.3 Å². The van der Waals surface area contributed by atoms with Gasteiger partial charge in [0.25, 0.3) is 0 Å². The average molecular weight is 426 g/mol. The Bertz CT molecular complexity index is 1150. The van der Waals surface area contributed by atoms with Gasteiger partial charge >= 0.3 is 0 Å². The number of fused-ring (bicyclic) bond motifs is 1. The highest BCUT2D eigenvalue weighted by atomic mass is 35.5. The van der Waals surface area contributed by atoms with Gasteiger partial charge in [0.15, 0.2) is 5.16 Å². The van der Waals surface area contributed by atoms with Crippen molar-refractivity contribution in [3.63, 3.8) is 0 Å². The van der Waals surface area contributed by atoms with E-state index in [0.717, 1.165) is 28.3 Å². The summed E-state index contributed by atoms with van der Waals surface area (Å²) >= 11 is 7.67. The van der Waals surface area contributed by atoms with Crippen molar-refractivity contribution < 1.29 is 4.79 Å². The molecule has 0 radical (unpaired) electrons. The molecule has 6 nitrogen and oxygen atoms in total. The molecule has 0 saturated heterocycles. The summed E-state index contributed by atoms with van der Waals surface area (Å²) in [7, 11) is 0. The number of carbonyl (C=O) groups excluding carboxylic acids is 1. The Balaban J connectivity index is 1.43. The van der Waals surface area contributed by atoms with Crippen molar-refractivity contribution in [3.8, 4) is 0 Å². The summed E-state index contributed by atoms with van der Waals surface area (Å²) < 4.78 is 3.85. The van der Waals surface area contributed by atoms with Gasteiger partial charge in [-0.25, -0.2) is 9.67 Å². The van der Waals surface area contributed by atoms with Gasteiger partial charge in [0.05, 0.1) is 29.5 Å². The number of nitrogens with zero attached hydrogens (tertiary/aromatic N) is 4. The molecule has 29 heavy (non-hydrogen) atoms. The summed E-state index contributed by atoms with van der Waals surface area (Å²) in [6, 6.07) is 17.4. The molecular formula is C21H20ClN5OS. The van der Waals surface area contributed by atoms with E-state index in [1.54, 1.807) is 16.9 Å². The largest absolute Gasteiger partial charge is 0.319 e. The minimum Gasteiger partial charge on any atom is -0.319 e. The zero-order valence-corrected chi connectivity index (χ0v) is 17.5. The van der Waals surface area contributed by atoms with Crippen LogP contribution in [-0.2, 0) is 17.9 Å². The number of carbonyl (C=O) groups is 1. The van der Waals surface area contributed by atoms with Crippen LogP contribution in [0.15, 0.2) is 66.0 Å². The van der Waals surface area contributed by atoms with Crippen LogP contribution in [0.2, 0.25) is 5.02 Å². The maximum atomic E-state index is 12.5. The van der Waals surface area contributed by atoms with E-state index in [4.69, 9.17) is 11.6 Å². The number of benzene rings is 2. The number of nitrogens with one attached hydrogen (secondary N) is 1. The molecule has 1 amide bonds. The topological polar surface area (TPSA) is 64.7 Å². The molecule has 0 aliphatic heterocycles. The number of thioether (sulfide) groups is 1. The fourth-order valence-corrected chi connectivity index (χ4v) is 4.21. The molecule has 8 heteroatoms. The normalized spacial score (nSPS) is 11.1. The molecule has 0 aliphatic rings. The van der Waals surface area contributed by atoms with E-state index in [-0.39, 0.29) is 11.7 Å². The maximum absolute atomic E-state index is 12.5. The standard InChI is InChI=1S/C21H20ClN5OS/c1-2-26-18-10-6-5-9-17(18)24-21(26)29-14-20(28)25-19-11-12-23-27(19)13-15-7-3-4-8-16(15)22/h3-12H,2,13-14H2,1H3,(H,25,28). The Kier molecular flexibility index (Phi) is 5.87. The monoisotopic (exact) mass is 425 g/mol. The lowest BCUT2D eigenvalue weighted by Gasteiger charge is -2.10. The van der Waals surface area contributed by atoms with E-state index in [2.05, 4.69) is 26.9 Å². The van der Waals surface area contributed by atoms with E-state index in [9.17, 15) is 4.79 Å². The van der Waals surface area contributed by atoms with Crippen LogP contribution in [0.5, 0.6) is 0 Å². The zero-order chi connectivity index (χ0) is 20.2. The Labute approximate surface area is 177 Å². The van der Waals surface area contributed by atoms with E-state index in [1.165, 1.54) is 11.8 Å². The first-order valence-electron chi connectivity index (χ1n) is 9.29. The van der Waals surface area contributed by atoms with Crippen LogP contribution in [0.3, 0.4) is 0 Å². The lowest BCUT2D eigenvalue weighted by molar-refractivity contribution is -0.113. The molecule has 0 aliphatic carbocycles. The molecule has 4 rings (SSSR count). The Morgan fingerprint density at radius 1 is 1.14 bits per heavy atom. The number of rotatable bonds is 7. The molecule has 4 aromatic rings. The Morgan fingerprint density at radius 3 is 2.76 bits per heavy atom. The van der Waals surface area contributed by atoms with Gasteiger partial charge in [-0.2, -0.15) is 5.10 Å². The van der Waals surface area contributed by atoms with Crippen LogP contribution in [0.25, 0.3) is 11.0 Å². The first-order chi connectivity index (χ1) is 14.2. The Morgan fingerprint density at radius 2 is 1.93 bits per heavy atom. The number of para-hydroxylation sites is 2. The van der Waals surface area contributed by atoms with Gasteiger partial charge in [0.1, 0.15) is 5.82 Å². The van der Waals surface area contributed by atoms with Gasteiger partial charge in [-0.1, -0.05) is 53.7 Å². The highest BCUT2D eigenvalue weighted by Gasteiger charge is 2.13. The third kappa shape index (κ3) is 4.31. The van der Waals surface area contributed by atoms with Crippen LogP contribution >= 0.6 is 23.4 Å². The molecule has 1 N–H and O–H groups in total. The predicted octanol–water partition coefficient (Wildman–Crippen LogP) is 4.69. The second-order valence-electron chi connectivity index (χ2n) is 6.43. The molecule has 0 bridgehead atoms. The summed E-state index contributed by atoms with van der Waals surface area (Å²) in [5.74, 6) is 0.797. The van der Waals surface area contributed by atoms with Crippen molar-refractivity contribution in [1.29, 1.82) is 0 Å². The first-order valence-corrected chi connectivity index (χ1v) is 10.6. The van der Waals surface area contributed by atoms with E-state index in [1.807, 2.05) is 48.5 Å². The number of amides is 1. The van der Waals surface area contributed by atoms with Crippen molar-refractivity contribution in [2.45, 2.75) is 25.2 Å². The second-order valence-corrected chi connectivity index (χ2v) is 7.78. The van der Waals surface area contributed by atoms with Gasteiger partial charge in [0, 0.05) is 17.6 Å². The summed E-state index contributed by atoms with van der Waals surface area (Å²) in [5.41, 5.74) is 2.96. The maximum Gasteiger partial charge on any atom is 0.235 e. The SMILES string of the molecule is CCn1c(SCC(=O)Nc2ccnn2Cc2ccccc2Cl)nc2ccccc21. The molecule has 0 unspecified atom stereocenters. The predicted molar refractivity (Wildman–Crippen MR) is 118 cm³/mol. The van der Waals surface area contributed by atoms with Crippen LogP contribution in [0.1, 0.15) is 12.5 Å². The molecule has 0 fully saturated rings. The molecular weight excluding hydrogens is 406 g/mol. The van der Waals surface area contributed by atoms with E-state index >= 15 is 0 Å². The van der Waals surface area contributed by atoms with Crippen molar-refractivity contribution in [2.75, 3.05) is 11.1 Å². The lowest BCUT2D eigenvalue weighted by atomic mass is 10.2. The van der Waals surface area contributed by atoms with Crippen molar-refractivity contribution in [3.05, 3.63) is 71.4 Å². The molecule has 148 valence electrons. The lowest BCUT2D eigenvalue weighted by Crippen LogP contribution is -2.18. The smallest absolute Gasteiger partial charge is 0.235 e. The number of anilines is 1. The van der Waals surface area contributed by atoms with E-state index < -0.39 is 0 Å². The summed E-state index contributed by atoms with van der Waals surface area (Å²) in [6.45, 7) is 3.36. The quantitative estimate of drug-likeness (QED) is 0.436. The molecule has 0 saturated carbocycles. The summed E-state index contributed by atoms with van der Waals surface area (Å²) in [5, 5.41) is 8.75. The van der Waals surface area contributed by atoms with E-state index in [0.29, 0.717) is 17.4 Å². The van der Waals surface area contributed by atoms with Crippen molar-refractivity contribution >= 4 is 46.1 Å². The van der Waals surface area contributed by atoms with Crippen molar-refractivity contribution in [2.24, 2.45) is 0 Å². The molecule has 2 heterocycles. The van der Waals surface area contributed by atoms with Gasteiger partial charge in [-0.3, -0.25) is 4.79 Å². The van der Waals surface area contributed by atoms with Gasteiger partial charge in [0.2, 0.25) is 5.91 Å². The number of imidazole rings is 1. The number of hydrogen-bond donors (Lipinski definition) is 1. The van der Waals surface area contributed by atoms with Crippen LogP contribution < -0.4 is 5.32 Å². The average Bonchev–Trinajstić information content (AvgIpc) is 3.31. The first kappa shape index (κ1) is 19.5. The third-order valence-corrected chi connectivity index (χ3v) is 5.88. The summed E-state index contributed by atoms with van der Waals surface area (Å²) in [6.07, 6.45) is 1.66. The number of hydrogen-bond acceptors (Lipinski definition) is 4. The van der Waals surface area contributed by atoms with Gasteiger partial charge < -0.3 is 9.88 Å². The molecule has 0 spiro atoms. The summed E-state index contributed by atoms with van der Waals surface area (Å²) in [4.78, 5) is 17.2. The Hall–Kier alpha value is -2.77. The second kappa shape index (κ2) is 8.71. The number of aromatic nitrogens is 4. The fourth-order valence-electron chi connectivity index (χ4n) is 3.13. The highest BCUT2D eigenvalue weighted by molar-refractivity contribution is 7.99. The third-order valence-electron chi connectivity index (χ3n) is 4.53. The van der Waals surface area contributed by atoms with Crippen LogP contribution in [-0.4, -0.2) is 31.0 Å². The fraction of sp³-hybridized carbons (Fsp3) is 0.190. The molecule has 2 aromatic heterocycles. The molecule has 2 aromatic carbocycles. The van der Waals surface area contributed by atoms with Crippen LogP contribution in [0.4, 0.5) is 5.82 Å². The van der Waals surface area contributed by atoms with Gasteiger partial charge in [-0.15, -0.1) is 0 Å². The number of aryl methyl sites for hydroxylation is 1. The zero-order valence-electron chi connectivity index (χ0n) is 15.9. The number of halogens is 1. The van der Waals surface area contributed by atoms with Gasteiger partial charge in [-0.05, 0) is 30.7 Å². The minimum absolute atomic E-state index is 0.106.